The van der Waals surface area contributed by atoms with Gasteiger partial charge in [-0.1, -0.05) is 68.3 Å². The summed E-state index contributed by atoms with van der Waals surface area (Å²) in [5.74, 6) is 0.640. The zero-order valence-electron chi connectivity index (χ0n) is 18.1. The molecular formula is C24H25FN4O2S. The Bertz CT molecular complexity index is 1090. The van der Waals surface area contributed by atoms with Gasteiger partial charge in [0.2, 0.25) is 23.2 Å². The van der Waals surface area contributed by atoms with Crippen LogP contribution in [0.4, 0.5) is 10.1 Å². The van der Waals surface area contributed by atoms with Crippen molar-refractivity contribution >= 4 is 23.4 Å². The molecule has 6 nitrogen and oxygen atoms in total. The minimum absolute atomic E-state index is 0.210. The number of thioether (sulfide) groups is 1. The van der Waals surface area contributed by atoms with E-state index in [0.29, 0.717) is 33.5 Å². The first-order valence-corrected chi connectivity index (χ1v) is 11.8. The standard InChI is InChI=1S/C24H25FN4O2S/c1-3-4-5-8-15-32-24-26-22-21(27-28-24)19-9-6-7-10-20(19)29(16(2)30)23(31-22)17-11-13-18(25)14-12-17/h6-7,9-14,23H,3-5,8,15H2,1-2H3/t23-/m1/s1. The quantitative estimate of drug-likeness (QED) is 0.334. The number of benzene rings is 2. The van der Waals surface area contributed by atoms with Crippen LogP contribution >= 0.6 is 11.8 Å². The number of amides is 1. The largest absolute Gasteiger partial charge is 0.447 e. The summed E-state index contributed by atoms with van der Waals surface area (Å²) in [6.45, 7) is 3.66. The Balaban J connectivity index is 1.73. The number of aromatic nitrogens is 3. The Morgan fingerprint density at radius 1 is 1.09 bits per heavy atom. The molecule has 1 atom stereocenters. The Hall–Kier alpha value is -3.00. The summed E-state index contributed by atoms with van der Waals surface area (Å²) >= 11 is 1.54. The van der Waals surface area contributed by atoms with Crippen molar-refractivity contribution in [2.24, 2.45) is 0 Å². The molecule has 32 heavy (non-hydrogen) atoms. The highest BCUT2D eigenvalue weighted by atomic mass is 32.2. The summed E-state index contributed by atoms with van der Waals surface area (Å²) in [6, 6.07) is 13.4. The maximum atomic E-state index is 13.6. The van der Waals surface area contributed by atoms with Gasteiger partial charge < -0.3 is 4.74 Å². The van der Waals surface area contributed by atoms with E-state index in [2.05, 4.69) is 22.1 Å². The van der Waals surface area contributed by atoms with E-state index in [4.69, 9.17) is 4.74 Å². The number of anilines is 1. The zero-order chi connectivity index (χ0) is 22.5. The van der Waals surface area contributed by atoms with Crippen LogP contribution in [0.5, 0.6) is 5.88 Å². The van der Waals surface area contributed by atoms with Crippen molar-refractivity contribution in [3.63, 3.8) is 0 Å². The van der Waals surface area contributed by atoms with E-state index < -0.39 is 6.23 Å². The van der Waals surface area contributed by atoms with Crippen molar-refractivity contribution in [1.82, 2.24) is 15.2 Å². The number of carbonyl (C=O) groups excluding carboxylic acids is 1. The van der Waals surface area contributed by atoms with Crippen LogP contribution in [0.25, 0.3) is 11.3 Å². The number of hydrogen-bond acceptors (Lipinski definition) is 6. The van der Waals surface area contributed by atoms with E-state index in [-0.39, 0.29) is 11.7 Å². The molecule has 1 amide bonds. The molecule has 0 saturated heterocycles. The number of ether oxygens (including phenoxy) is 1. The lowest BCUT2D eigenvalue weighted by atomic mass is 10.1. The number of halogens is 1. The monoisotopic (exact) mass is 452 g/mol. The summed E-state index contributed by atoms with van der Waals surface area (Å²) in [4.78, 5) is 18.9. The molecule has 2 aromatic carbocycles. The second-order valence-corrected chi connectivity index (χ2v) is 8.65. The first kappa shape index (κ1) is 22.2. The fraction of sp³-hybridized carbons (Fsp3) is 0.333. The van der Waals surface area contributed by atoms with E-state index in [0.717, 1.165) is 12.2 Å². The second-order valence-electron chi connectivity index (χ2n) is 7.59. The fourth-order valence-electron chi connectivity index (χ4n) is 3.65. The van der Waals surface area contributed by atoms with Crippen molar-refractivity contribution in [2.75, 3.05) is 10.7 Å². The molecule has 0 aliphatic carbocycles. The molecule has 0 radical (unpaired) electrons. The van der Waals surface area contributed by atoms with E-state index in [1.807, 2.05) is 24.3 Å². The SMILES string of the molecule is CCCCCCSc1nnc2c(n1)O[C@H](c1ccc(F)cc1)N(C(C)=O)c1ccccc1-2. The molecule has 0 N–H and O–H groups in total. The van der Waals surface area contributed by atoms with E-state index in [1.54, 1.807) is 28.8 Å². The van der Waals surface area contributed by atoms with E-state index >= 15 is 0 Å². The molecule has 0 unspecified atom stereocenters. The molecule has 0 saturated carbocycles. The van der Waals surface area contributed by atoms with Crippen LogP contribution in [0, 0.1) is 5.82 Å². The highest BCUT2D eigenvalue weighted by Crippen LogP contribution is 2.43. The number of unbranched alkanes of at least 4 members (excludes halogenated alkanes) is 3. The average molecular weight is 453 g/mol. The third kappa shape index (κ3) is 4.75. The molecule has 4 rings (SSSR count). The lowest BCUT2D eigenvalue weighted by Gasteiger charge is -2.29. The molecule has 166 valence electrons. The molecule has 3 aromatic rings. The number of fused-ring (bicyclic) bond motifs is 3. The Morgan fingerprint density at radius 3 is 2.62 bits per heavy atom. The predicted octanol–water partition coefficient (Wildman–Crippen LogP) is 5.79. The van der Waals surface area contributed by atoms with Crippen molar-refractivity contribution < 1.29 is 13.9 Å². The number of nitrogens with zero attached hydrogens (tertiary/aromatic N) is 4. The summed E-state index contributed by atoms with van der Waals surface area (Å²) in [7, 11) is 0. The molecule has 2 heterocycles. The van der Waals surface area contributed by atoms with Gasteiger partial charge >= 0.3 is 0 Å². The fourth-order valence-corrected chi connectivity index (χ4v) is 4.43. The Labute approximate surface area is 191 Å². The predicted molar refractivity (Wildman–Crippen MR) is 123 cm³/mol. The maximum absolute atomic E-state index is 13.6. The van der Waals surface area contributed by atoms with E-state index in [9.17, 15) is 9.18 Å². The summed E-state index contributed by atoms with van der Waals surface area (Å²) in [5, 5.41) is 9.25. The summed E-state index contributed by atoms with van der Waals surface area (Å²) in [5.41, 5.74) is 2.47. The molecule has 0 spiro atoms. The first-order valence-electron chi connectivity index (χ1n) is 10.8. The summed E-state index contributed by atoms with van der Waals surface area (Å²) < 4.78 is 19.8. The van der Waals surface area contributed by atoms with Gasteiger partial charge in [-0.15, -0.1) is 10.2 Å². The van der Waals surface area contributed by atoms with Gasteiger partial charge in [-0.25, -0.2) is 4.39 Å². The van der Waals surface area contributed by atoms with Crippen LogP contribution in [-0.4, -0.2) is 26.8 Å². The number of hydrogen-bond donors (Lipinski definition) is 0. The summed E-state index contributed by atoms with van der Waals surface area (Å²) in [6.07, 6.45) is 3.84. The van der Waals surface area contributed by atoms with Crippen molar-refractivity contribution in [3.05, 3.63) is 59.9 Å². The van der Waals surface area contributed by atoms with Crippen LogP contribution in [0.15, 0.2) is 53.7 Å². The third-order valence-corrected chi connectivity index (χ3v) is 6.16. The molecule has 1 aromatic heterocycles. The van der Waals surface area contributed by atoms with Gasteiger partial charge in [-0.05, 0) is 24.6 Å². The van der Waals surface area contributed by atoms with E-state index in [1.165, 1.54) is 38.3 Å². The van der Waals surface area contributed by atoms with Crippen LogP contribution < -0.4 is 9.64 Å². The van der Waals surface area contributed by atoms with Gasteiger partial charge in [0.25, 0.3) is 0 Å². The van der Waals surface area contributed by atoms with Crippen molar-refractivity contribution in [3.8, 4) is 17.1 Å². The Kier molecular flexibility index (Phi) is 6.99. The number of carbonyl (C=O) groups is 1. The smallest absolute Gasteiger partial charge is 0.247 e. The van der Waals surface area contributed by atoms with Crippen molar-refractivity contribution in [1.29, 1.82) is 0 Å². The lowest BCUT2D eigenvalue weighted by Crippen LogP contribution is -2.36. The van der Waals surface area contributed by atoms with Crippen LogP contribution in [-0.2, 0) is 4.79 Å². The number of rotatable bonds is 7. The van der Waals surface area contributed by atoms with Crippen molar-refractivity contribution in [2.45, 2.75) is 50.9 Å². The first-order chi connectivity index (χ1) is 15.6. The average Bonchev–Trinajstić information content (AvgIpc) is 2.94. The van der Waals surface area contributed by atoms with Crippen LogP contribution in [0.1, 0.15) is 51.3 Å². The lowest BCUT2D eigenvalue weighted by molar-refractivity contribution is -0.118. The minimum Gasteiger partial charge on any atom is -0.447 e. The third-order valence-electron chi connectivity index (χ3n) is 5.24. The number of para-hydroxylation sites is 1. The Morgan fingerprint density at radius 2 is 1.88 bits per heavy atom. The molecule has 0 fully saturated rings. The second kappa shape index (κ2) is 10.1. The maximum Gasteiger partial charge on any atom is 0.247 e. The molecule has 1 aliphatic heterocycles. The molecule has 0 bridgehead atoms. The van der Waals surface area contributed by atoms with Gasteiger partial charge in [0, 0.05) is 23.8 Å². The molecular weight excluding hydrogens is 427 g/mol. The molecule has 1 aliphatic rings. The topological polar surface area (TPSA) is 68.2 Å². The minimum atomic E-state index is -0.811. The molecule has 8 heteroatoms. The normalized spacial score (nSPS) is 14.8. The zero-order valence-corrected chi connectivity index (χ0v) is 18.9. The highest BCUT2D eigenvalue weighted by Gasteiger charge is 2.34. The van der Waals surface area contributed by atoms with Gasteiger partial charge in [0.1, 0.15) is 5.82 Å². The van der Waals surface area contributed by atoms with Crippen LogP contribution in [0.3, 0.4) is 0 Å². The van der Waals surface area contributed by atoms with Gasteiger partial charge in [0.15, 0.2) is 5.69 Å². The highest BCUT2D eigenvalue weighted by molar-refractivity contribution is 7.99. The van der Waals surface area contributed by atoms with Crippen LogP contribution in [0.2, 0.25) is 0 Å². The van der Waals surface area contributed by atoms with Gasteiger partial charge in [-0.2, -0.15) is 4.98 Å². The van der Waals surface area contributed by atoms with Gasteiger partial charge in [-0.3, -0.25) is 9.69 Å². The van der Waals surface area contributed by atoms with Gasteiger partial charge in [0.05, 0.1) is 5.69 Å².